The van der Waals surface area contributed by atoms with Crippen LogP contribution in [0.25, 0.3) is 0 Å². The fourth-order valence-electron chi connectivity index (χ4n) is 2.14. The first-order valence-corrected chi connectivity index (χ1v) is 3.81. The molecule has 0 aromatic carbocycles. The predicted molar refractivity (Wildman–Crippen MR) is 39.0 cm³/mol. The first kappa shape index (κ1) is 6.43. The third kappa shape index (κ3) is 0.644. The zero-order valence-electron chi connectivity index (χ0n) is 6.12. The summed E-state index contributed by atoms with van der Waals surface area (Å²) >= 11 is 0. The Hall–Kier alpha value is -1.28. The lowest BCUT2D eigenvalue weighted by molar-refractivity contribution is 0.436. The maximum atomic E-state index is 8.83. The second-order valence-corrected chi connectivity index (χ2v) is 3.39. The monoisotopic (exact) mass is 144 g/mol. The lowest BCUT2D eigenvalue weighted by atomic mass is 9.79. The Kier molecular flexibility index (Phi) is 1.09. The smallest absolute Gasteiger partial charge is 0.150 e. The average molecular weight is 144 g/mol. The molecule has 1 saturated carbocycles. The minimum Gasteiger partial charge on any atom is -0.197 e. The van der Waals surface area contributed by atoms with Crippen LogP contribution in [0, 0.1) is 39.9 Å². The number of hydrogen-bond acceptors (Lipinski definition) is 2. The Bertz CT molecular complexity index is 276. The van der Waals surface area contributed by atoms with Gasteiger partial charge in [-0.2, -0.15) is 10.5 Å². The van der Waals surface area contributed by atoms with Gasteiger partial charge in [-0.25, -0.2) is 0 Å². The van der Waals surface area contributed by atoms with E-state index in [0.29, 0.717) is 5.92 Å². The molecule has 2 rings (SSSR count). The highest BCUT2D eigenvalue weighted by atomic mass is 14.5. The lowest BCUT2D eigenvalue weighted by Gasteiger charge is -2.18. The Morgan fingerprint density at radius 2 is 2.00 bits per heavy atom. The molecule has 0 unspecified atom stereocenters. The van der Waals surface area contributed by atoms with E-state index in [1.165, 1.54) is 0 Å². The van der Waals surface area contributed by atoms with E-state index in [2.05, 4.69) is 18.2 Å². The van der Waals surface area contributed by atoms with Gasteiger partial charge in [0.15, 0.2) is 5.41 Å². The van der Waals surface area contributed by atoms with Gasteiger partial charge in [-0.1, -0.05) is 12.2 Å². The Balaban J connectivity index is 2.40. The van der Waals surface area contributed by atoms with Crippen molar-refractivity contribution in [2.75, 3.05) is 0 Å². The van der Waals surface area contributed by atoms with Crippen LogP contribution in [-0.4, -0.2) is 0 Å². The maximum absolute atomic E-state index is 8.83. The number of rotatable bonds is 0. The molecule has 0 aliphatic heterocycles. The number of nitrogens with zero attached hydrogens (tertiary/aromatic N) is 2. The number of nitriles is 2. The fraction of sp³-hybridized carbons (Fsp3) is 0.556. The van der Waals surface area contributed by atoms with Crippen molar-refractivity contribution in [3.05, 3.63) is 12.2 Å². The van der Waals surface area contributed by atoms with E-state index in [-0.39, 0.29) is 5.92 Å². The van der Waals surface area contributed by atoms with Crippen molar-refractivity contribution in [3.63, 3.8) is 0 Å². The molecule has 0 heterocycles. The van der Waals surface area contributed by atoms with Crippen molar-refractivity contribution < 1.29 is 0 Å². The summed E-state index contributed by atoms with van der Waals surface area (Å²) in [5, 5.41) is 17.7. The standard InChI is InChI=1S/C9H8N2/c10-5-9(6-11)4-7-1-2-8(9)3-7/h1-2,7-8H,3-4H2/t7-,8+/m0/s1. The molecular weight excluding hydrogens is 136 g/mol. The molecule has 0 radical (unpaired) electrons. The molecule has 0 N–H and O–H groups in total. The SMILES string of the molecule is N#CC1(C#N)C[C@H]2C=C[C@@H]1C2. The van der Waals surface area contributed by atoms with Gasteiger partial charge in [-0.05, 0) is 18.8 Å². The predicted octanol–water partition coefficient (Wildman–Crippen LogP) is 1.62. The minimum absolute atomic E-state index is 0.211. The summed E-state index contributed by atoms with van der Waals surface area (Å²) in [4.78, 5) is 0. The van der Waals surface area contributed by atoms with Crippen molar-refractivity contribution in [2.24, 2.45) is 17.3 Å². The van der Waals surface area contributed by atoms with Gasteiger partial charge < -0.3 is 0 Å². The van der Waals surface area contributed by atoms with Crippen LogP contribution in [0.2, 0.25) is 0 Å². The van der Waals surface area contributed by atoms with Crippen LogP contribution in [0.5, 0.6) is 0 Å². The van der Waals surface area contributed by atoms with Crippen molar-refractivity contribution in [1.82, 2.24) is 0 Å². The van der Waals surface area contributed by atoms with Gasteiger partial charge in [0.1, 0.15) is 0 Å². The molecule has 2 bridgehead atoms. The van der Waals surface area contributed by atoms with Crippen molar-refractivity contribution >= 4 is 0 Å². The highest BCUT2D eigenvalue weighted by Gasteiger charge is 2.49. The quantitative estimate of drug-likeness (QED) is 0.485. The largest absolute Gasteiger partial charge is 0.197 e. The maximum Gasteiger partial charge on any atom is 0.150 e. The molecule has 2 heteroatoms. The molecule has 0 spiro atoms. The summed E-state index contributed by atoms with van der Waals surface area (Å²) in [7, 11) is 0. The van der Waals surface area contributed by atoms with E-state index in [1.54, 1.807) is 0 Å². The van der Waals surface area contributed by atoms with E-state index >= 15 is 0 Å². The second-order valence-electron chi connectivity index (χ2n) is 3.39. The molecular formula is C9H8N2. The Morgan fingerprint density at radius 1 is 1.27 bits per heavy atom. The summed E-state index contributed by atoms with van der Waals surface area (Å²) in [5.74, 6) is 0.710. The first-order chi connectivity index (χ1) is 5.30. The van der Waals surface area contributed by atoms with E-state index in [9.17, 15) is 0 Å². The molecule has 2 aliphatic carbocycles. The lowest BCUT2D eigenvalue weighted by Crippen LogP contribution is -2.21. The number of hydrogen-bond donors (Lipinski definition) is 0. The molecule has 0 saturated heterocycles. The second kappa shape index (κ2) is 1.86. The third-order valence-electron chi connectivity index (χ3n) is 2.79. The summed E-state index contributed by atoms with van der Waals surface area (Å²) in [6.45, 7) is 0. The van der Waals surface area contributed by atoms with Crippen molar-refractivity contribution in [3.8, 4) is 12.1 Å². The highest BCUT2D eigenvalue weighted by molar-refractivity contribution is 5.29. The molecule has 2 atom stereocenters. The van der Waals surface area contributed by atoms with Crippen LogP contribution in [0.4, 0.5) is 0 Å². The van der Waals surface area contributed by atoms with Gasteiger partial charge in [-0.15, -0.1) is 0 Å². The molecule has 0 aromatic heterocycles. The zero-order chi connectivity index (χ0) is 7.90. The van der Waals surface area contributed by atoms with Gasteiger partial charge in [0, 0.05) is 5.92 Å². The normalized spacial score (nSPS) is 36.5. The van der Waals surface area contributed by atoms with E-state index < -0.39 is 5.41 Å². The number of fused-ring (bicyclic) bond motifs is 2. The van der Waals surface area contributed by atoms with E-state index in [1.807, 2.05) is 6.08 Å². The Morgan fingerprint density at radius 3 is 2.27 bits per heavy atom. The van der Waals surface area contributed by atoms with E-state index in [4.69, 9.17) is 10.5 Å². The highest BCUT2D eigenvalue weighted by Crippen LogP contribution is 2.51. The Labute approximate surface area is 65.7 Å². The van der Waals surface area contributed by atoms with E-state index in [0.717, 1.165) is 12.8 Å². The topological polar surface area (TPSA) is 47.6 Å². The first-order valence-electron chi connectivity index (χ1n) is 3.81. The molecule has 0 amide bonds. The molecule has 1 fully saturated rings. The summed E-state index contributed by atoms with van der Waals surface area (Å²) in [5.41, 5.74) is -0.681. The van der Waals surface area contributed by atoms with Gasteiger partial charge in [0.2, 0.25) is 0 Å². The van der Waals surface area contributed by atoms with Crippen LogP contribution < -0.4 is 0 Å². The summed E-state index contributed by atoms with van der Waals surface area (Å²) in [6, 6.07) is 4.29. The molecule has 54 valence electrons. The molecule has 2 nitrogen and oxygen atoms in total. The third-order valence-corrected chi connectivity index (χ3v) is 2.79. The van der Waals surface area contributed by atoms with Crippen LogP contribution in [0.3, 0.4) is 0 Å². The van der Waals surface area contributed by atoms with Gasteiger partial charge in [-0.3, -0.25) is 0 Å². The average Bonchev–Trinajstić information content (AvgIpc) is 2.62. The van der Waals surface area contributed by atoms with Gasteiger partial charge in [0.25, 0.3) is 0 Å². The molecule has 0 aromatic rings. The van der Waals surface area contributed by atoms with Gasteiger partial charge in [0.05, 0.1) is 12.1 Å². The zero-order valence-corrected chi connectivity index (χ0v) is 6.12. The van der Waals surface area contributed by atoms with Crippen LogP contribution >= 0.6 is 0 Å². The van der Waals surface area contributed by atoms with Gasteiger partial charge >= 0.3 is 0 Å². The fourth-order valence-corrected chi connectivity index (χ4v) is 2.14. The van der Waals surface area contributed by atoms with Crippen molar-refractivity contribution in [1.29, 1.82) is 10.5 Å². The van der Waals surface area contributed by atoms with Crippen LogP contribution in [-0.2, 0) is 0 Å². The van der Waals surface area contributed by atoms with Crippen LogP contribution in [0.15, 0.2) is 12.2 Å². The summed E-state index contributed by atoms with van der Waals surface area (Å²) < 4.78 is 0. The molecule has 11 heavy (non-hydrogen) atoms. The number of allylic oxidation sites excluding steroid dienone is 2. The van der Waals surface area contributed by atoms with Crippen molar-refractivity contribution in [2.45, 2.75) is 12.8 Å². The minimum atomic E-state index is -0.681. The molecule has 2 aliphatic rings. The summed E-state index contributed by atoms with van der Waals surface area (Å²) in [6.07, 6.45) is 5.93. The van der Waals surface area contributed by atoms with Crippen LogP contribution in [0.1, 0.15) is 12.8 Å².